The van der Waals surface area contributed by atoms with Gasteiger partial charge in [-0.25, -0.2) is 23.4 Å². The third-order valence-corrected chi connectivity index (χ3v) is 10.1. The molecule has 2 fully saturated rings. The highest BCUT2D eigenvalue weighted by Gasteiger charge is 2.58. The lowest BCUT2D eigenvalue weighted by molar-refractivity contribution is -0.142. The fourth-order valence-electron chi connectivity index (χ4n) is 6.67. The first-order chi connectivity index (χ1) is 22.5. The van der Waals surface area contributed by atoms with Crippen LogP contribution < -0.4 is 5.32 Å². The van der Waals surface area contributed by atoms with Crippen molar-refractivity contribution in [2.45, 2.75) is 44.9 Å². The summed E-state index contributed by atoms with van der Waals surface area (Å²) in [6, 6.07) is 9.59. The number of carboxylic acids is 1. The maximum absolute atomic E-state index is 16.5. The van der Waals surface area contributed by atoms with Crippen LogP contribution in [0.3, 0.4) is 0 Å². The normalized spacial score (nSPS) is 23.6. The first-order valence-corrected chi connectivity index (χ1v) is 16.3. The van der Waals surface area contributed by atoms with Gasteiger partial charge in [-0.3, -0.25) is 14.7 Å². The Labute approximate surface area is 274 Å². The average molecular weight is 664 g/mol. The predicted molar refractivity (Wildman–Crippen MR) is 171 cm³/mol. The van der Waals surface area contributed by atoms with Crippen LogP contribution in [0, 0.1) is 18.7 Å². The van der Waals surface area contributed by atoms with E-state index >= 15 is 4.39 Å². The molecule has 0 aliphatic carbocycles. The fourth-order valence-corrected chi connectivity index (χ4v) is 7.25. The van der Waals surface area contributed by atoms with E-state index in [9.17, 15) is 23.9 Å². The third kappa shape index (κ3) is 6.05. The van der Waals surface area contributed by atoms with E-state index in [2.05, 4.69) is 10.3 Å². The van der Waals surface area contributed by atoms with Crippen LogP contribution in [-0.4, -0.2) is 82.0 Å². The Morgan fingerprint density at radius 1 is 1.21 bits per heavy atom. The van der Waals surface area contributed by atoms with Crippen LogP contribution in [-0.2, 0) is 14.3 Å². The lowest BCUT2D eigenvalue weighted by Crippen LogP contribution is -2.52. The van der Waals surface area contributed by atoms with Crippen LogP contribution in [0.1, 0.15) is 64.4 Å². The summed E-state index contributed by atoms with van der Waals surface area (Å²) in [4.78, 5) is 51.1. The van der Waals surface area contributed by atoms with Crippen molar-refractivity contribution in [1.29, 1.82) is 0 Å². The van der Waals surface area contributed by atoms with E-state index in [1.165, 1.54) is 34.4 Å². The number of carboxylic acid groups (broad SMARTS) is 1. The van der Waals surface area contributed by atoms with Gasteiger partial charge in [-0.15, -0.1) is 11.3 Å². The molecule has 4 heterocycles. The van der Waals surface area contributed by atoms with Crippen molar-refractivity contribution in [2.24, 2.45) is 10.9 Å². The number of aromatic carboxylic acids is 1. The summed E-state index contributed by atoms with van der Waals surface area (Å²) >= 11 is 1.36. The number of fused-ring (bicyclic) bond motifs is 1. The van der Waals surface area contributed by atoms with Gasteiger partial charge in [0.25, 0.3) is 5.91 Å². The minimum Gasteiger partial charge on any atom is -0.478 e. The number of hydrogen-bond donors (Lipinski definition) is 2. The monoisotopic (exact) mass is 663 g/mol. The zero-order chi connectivity index (χ0) is 33.5. The molecular formula is C34H35F2N5O5S. The van der Waals surface area contributed by atoms with E-state index in [-0.39, 0.29) is 50.3 Å². The third-order valence-electron chi connectivity index (χ3n) is 9.30. The second-order valence-corrected chi connectivity index (χ2v) is 12.9. The van der Waals surface area contributed by atoms with Crippen LogP contribution in [0.5, 0.6) is 0 Å². The Kier molecular flexibility index (Phi) is 8.95. The number of ether oxygens (including phenoxy) is 1. The second kappa shape index (κ2) is 13.0. The van der Waals surface area contributed by atoms with Gasteiger partial charge in [-0.2, -0.15) is 0 Å². The van der Waals surface area contributed by atoms with Crippen LogP contribution in [0.25, 0.3) is 0 Å². The predicted octanol–water partition coefficient (Wildman–Crippen LogP) is 4.83. The standard InChI is InChI=1S/C34H35F2N5O5S/c1-4-46-32(44)27-26(38-29(30-37-13-15-47-30)39-28(27)24-6-5-7-25(35)19(24)2)18-40-14-12-34(36)23(16-40)17-41(33(34)45)20(3)21-8-10-22(11-9-21)31(42)43/h5-11,13,15,20,23,28H,4,12,14,16-18H2,1-3H3,(H,38,39)(H,42,43)/t20-,23?,28+,34-/m1/s1. The molecule has 13 heteroatoms. The number of nitrogens with zero attached hydrogens (tertiary/aromatic N) is 4. The van der Waals surface area contributed by atoms with Gasteiger partial charge in [-0.1, -0.05) is 24.3 Å². The largest absolute Gasteiger partial charge is 0.478 e. The maximum Gasteiger partial charge on any atom is 0.338 e. The van der Waals surface area contributed by atoms with Gasteiger partial charge in [0.2, 0.25) is 0 Å². The molecule has 0 saturated carbocycles. The van der Waals surface area contributed by atoms with Crippen molar-refractivity contribution < 1.29 is 33.0 Å². The van der Waals surface area contributed by atoms with E-state index in [0.29, 0.717) is 33.2 Å². The molecule has 1 amide bonds. The van der Waals surface area contributed by atoms with Gasteiger partial charge >= 0.3 is 11.9 Å². The number of rotatable bonds is 9. The Balaban J connectivity index is 1.29. The molecule has 0 bridgehead atoms. The number of likely N-dealkylation sites (tertiary alicyclic amines) is 2. The molecule has 2 saturated heterocycles. The zero-order valence-corrected chi connectivity index (χ0v) is 27.0. The Morgan fingerprint density at radius 3 is 2.66 bits per heavy atom. The molecule has 1 aromatic heterocycles. The first kappa shape index (κ1) is 32.5. The number of piperidine rings is 1. The molecule has 0 radical (unpaired) electrons. The number of alkyl halides is 1. The topological polar surface area (TPSA) is 124 Å². The average Bonchev–Trinajstić information content (AvgIpc) is 3.69. The second-order valence-electron chi connectivity index (χ2n) is 12.0. The Bertz CT molecular complexity index is 1760. The summed E-state index contributed by atoms with van der Waals surface area (Å²) in [5.74, 6) is -2.83. The number of aliphatic imine (C=N–C) groups is 1. The number of amides is 1. The summed E-state index contributed by atoms with van der Waals surface area (Å²) in [7, 11) is 0. The van der Waals surface area contributed by atoms with Gasteiger partial charge in [0.1, 0.15) is 11.9 Å². The summed E-state index contributed by atoms with van der Waals surface area (Å²) in [6.07, 6.45) is 1.62. The number of amidine groups is 1. The molecule has 4 atom stereocenters. The highest BCUT2D eigenvalue weighted by atomic mass is 32.1. The number of aromatic nitrogens is 1. The van der Waals surface area contributed by atoms with Gasteiger partial charge < -0.3 is 20.1 Å². The molecule has 1 unspecified atom stereocenters. The van der Waals surface area contributed by atoms with E-state index < -0.39 is 47.3 Å². The number of carbonyl (C=O) groups is 3. The number of carbonyl (C=O) groups excluding carboxylic acids is 2. The lowest BCUT2D eigenvalue weighted by Gasteiger charge is -2.38. The highest BCUT2D eigenvalue weighted by molar-refractivity contribution is 7.11. The molecule has 3 aliphatic heterocycles. The number of hydrogen-bond acceptors (Lipinski definition) is 9. The number of esters is 1. The van der Waals surface area contributed by atoms with E-state index in [0.717, 1.165) is 0 Å². The van der Waals surface area contributed by atoms with E-state index in [1.807, 2.05) is 17.2 Å². The molecule has 47 heavy (non-hydrogen) atoms. The number of thiazole rings is 1. The van der Waals surface area contributed by atoms with Crippen LogP contribution >= 0.6 is 11.3 Å². The smallest absolute Gasteiger partial charge is 0.338 e. The number of halogens is 2. The van der Waals surface area contributed by atoms with Gasteiger partial charge in [0.15, 0.2) is 16.5 Å². The zero-order valence-electron chi connectivity index (χ0n) is 26.2. The molecule has 3 aliphatic rings. The van der Waals surface area contributed by atoms with Gasteiger partial charge in [-0.05, 0) is 55.7 Å². The summed E-state index contributed by atoms with van der Waals surface area (Å²) < 4.78 is 36.7. The van der Waals surface area contributed by atoms with Crippen molar-refractivity contribution in [1.82, 2.24) is 20.1 Å². The highest BCUT2D eigenvalue weighted by Crippen LogP contribution is 2.43. The fraction of sp³-hybridized carbons (Fsp3) is 0.382. The van der Waals surface area contributed by atoms with Crippen molar-refractivity contribution in [3.05, 3.63) is 98.4 Å². The minimum absolute atomic E-state index is 0.0282. The summed E-state index contributed by atoms with van der Waals surface area (Å²) in [5, 5.41) is 14.9. The summed E-state index contributed by atoms with van der Waals surface area (Å²) in [5.41, 5.74) is 0.414. The molecule has 2 N–H and O–H groups in total. The first-order valence-electron chi connectivity index (χ1n) is 15.5. The van der Waals surface area contributed by atoms with E-state index in [1.54, 1.807) is 44.3 Å². The molecule has 2 aromatic carbocycles. The SMILES string of the molecule is CCOC(=O)C1=C(CN2CC[C@]3(F)C(=O)N([C@H](C)c4ccc(C(=O)O)cc4)CC3C2)NC(c2nccs2)=N[C@H]1c1cccc(F)c1C. The van der Waals surface area contributed by atoms with Gasteiger partial charge in [0, 0.05) is 55.8 Å². The van der Waals surface area contributed by atoms with Crippen molar-refractivity contribution in [3.63, 3.8) is 0 Å². The maximum atomic E-state index is 16.5. The lowest BCUT2D eigenvalue weighted by atomic mass is 9.84. The van der Waals surface area contributed by atoms with Crippen molar-refractivity contribution in [2.75, 3.05) is 32.8 Å². The number of nitrogens with one attached hydrogen (secondary N) is 1. The molecule has 6 rings (SSSR count). The molecule has 246 valence electrons. The molecule has 10 nitrogen and oxygen atoms in total. The molecule has 0 spiro atoms. The molecular weight excluding hydrogens is 628 g/mol. The Hall–Kier alpha value is -4.49. The summed E-state index contributed by atoms with van der Waals surface area (Å²) in [6.45, 7) is 6.17. The van der Waals surface area contributed by atoms with Crippen LogP contribution in [0.15, 0.2) is 70.3 Å². The Morgan fingerprint density at radius 2 is 1.98 bits per heavy atom. The van der Waals surface area contributed by atoms with Crippen LogP contribution in [0.4, 0.5) is 8.78 Å². The van der Waals surface area contributed by atoms with Crippen LogP contribution in [0.2, 0.25) is 0 Å². The van der Waals surface area contributed by atoms with Gasteiger partial charge in [0.05, 0.1) is 23.8 Å². The number of benzene rings is 2. The van der Waals surface area contributed by atoms with Crippen molar-refractivity contribution >= 4 is 35.0 Å². The molecule has 3 aromatic rings. The van der Waals surface area contributed by atoms with Crippen molar-refractivity contribution in [3.8, 4) is 0 Å². The minimum atomic E-state index is -2.04. The quantitative estimate of drug-likeness (QED) is 0.312. The van der Waals surface area contributed by atoms with E-state index in [4.69, 9.17) is 9.73 Å².